The van der Waals surface area contributed by atoms with Crippen LogP contribution in [0.1, 0.15) is 17.5 Å². The van der Waals surface area contributed by atoms with E-state index in [-0.39, 0.29) is 30.0 Å². The molecule has 0 aromatic heterocycles. The van der Waals surface area contributed by atoms with Gasteiger partial charge in [-0.1, -0.05) is 17.8 Å². The Kier molecular flexibility index (Phi) is 8.73. The first-order valence-corrected chi connectivity index (χ1v) is 12.8. The quantitative estimate of drug-likeness (QED) is 0.375. The van der Waals surface area contributed by atoms with Gasteiger partial charge in [0.25, 0.3) is 0 Å². The maximum absolute atomic E-state index is 13.9. The number of likely N-dealkylation sites (tertiary alicyclic amines) is 1. The first-order chi connectivity index (χ1) is 18.6. The molecule has 0 bridgehead atoms. The zero-order valence-corrected chi connectivity index (χ0v) is 22.0. The van der Waals surface area contributed by atoms with Crippen LogP contribution in [0.15, 0.2) is 52.3 Å². The van der Waals surface area contributed by atoms with E-state index in [1.165, 1.54) is 37.3 Å². The molecule has 0 N–H and O–H groups in total. The van der Waals surface area contributed by atoms with Crippen molar-refractivity contribution in [2.45, 2.75) is 22.4 Å². The number of piperidine rings is 1. The summed E-state index contributed by atoms with van der Waals surface area (Å²) in [5, 5.41) is 0. The van der Waals surface area contributed by atoms with Gasteiger partial charge >= 0.3 is 18.1 Å². The van der Waals surface area contributed by atoms with Gasteiger partial charge in [-0.15, -0.1) is 0 Å². The Balaban J connectivity index is 1.50. The topological polar surface area (TPSA) is 91.4 Å². The molecule has 2 heterocycles. The summed E-state index contributed by atoms with van der Waals surface area (Å²) in [6.07, 6.45) is -2.00. The molecule has 8 nitrogen and oxygen atoms in total. The summed E-state index contributed by atoms with van der Waals surface area (Å²) in [7, 11) is 2.40. The van der Waals surface area contributed by atoms with Crippen LogP contribution >= 0.6 is 11.8 Å². The number of hydrogen-bond acceptors (Lipinski definition) is 8. The highest BCUT2D eigenvalue weighted by Gasteiger charge is 2.41. The van der Waals surface area contributed by atoms with Gasteiger partial charge in [-0.25, -0.2) is 0 Å². The number of nitrogens with zero attached hydrogens (tertiary/aromatic N) is 1. The standard InChI is InChI=1S/C27H26F3NO7S/c1-35-25(33)18-9-10-31(15-19(18)26(34)36-2)24(32)8-4-16-3-7-23(20(13-16)27(28,29)30)39-17-5-6-21-22(14-17)38-12-11-37-21/h3-8,13-14,18-19H,9-12,15H2,1-2H3/b8-4+. The van der Waals surface area contributed by atoms with Crippen molar-refractivity contribution in [3.05, 3.63) is 53.6 Å². The number of alkyl halides is 3. The third kappa shape index (κ3) is 6.67. The molecule has 1 amide bonds. The van der Waals surface area contributed by atoms with Crippen molar-refractivity contribution in [1.29, 1.82) is 0 Å². The predicted octanol–water partition coefficient (Wildman–Crippen LogP) is 4.45. The van der Waals surface area contributed by atoms with Gasteiger partial charge in [0.2, 0.25) is 5.91 Å². The maximum atomic E-state index is 13.9. The van der Waals surface area contributed by atoms with Gasteiger partial charge in [0.1, 0.15) is 13.2 Å². The number of carbonyl (C=O) groups is 3. The van der Waals surface area contributed by atoms with E-state index >= 15 is 0 Å². The van der Waals surface area contributed by atoms with E-state index < -0.39 is 41.4 Å². The summed E-state index contributed by atoms with van der Waals surface area (Å²) in [5.41, 5.74) is -0.669. The molecule has 0 saturated carbocycles. The predicted molar refractivity (Wildman–Crippen MR) is 134 cm³/mol. The van der Waals surface area contributed by atoms with Gasteiger partial charge in [-0.2, -0.15) is 13.2 Å². The fraction of sp³-hybridized carbons (Fsp3) is 0.370. The van der Waals surface area contributed by atoms with Gasteiger partial charge in [0.05, 0.1) is 31.6 Å². The van der Waals surface area contributed by atoms with E-state index in [0.29, 0.717) is 29.6 Å². The smallest absolute Gasteiger partial charge is 0.417 e. The number of methoxy groups -OCH3 is 2. The summed E-state index contributed by atoms with van der Waals surface area (Å²) in [6, 6.07) is 8.77. The molecule has 2 aliphatic rings. The molecule has 39 heavy (non-hydrogen) atoms. The molecule has 4 rings (SSSR count). The van der Waals surface area contributed by atoms with Crippen LogP contribution in [0.25, 0.3) is 6.08 Å². The zero-order chi connectivity index (χ0) is 28.2. The molecule has 0 spiro atoms. The minimum atomic E-state index is -4.63. The molecular weight excluding hydrogens is 539 g/mol. The van der Waals surface area contributed by atoms with Crippen molar-refractivity contribution in [3.8, 4) is 11.5 Å². The molecule has 0 radical (unpaired) electrons. The lowest BCUT2D eigenvalue weighted by Gasteiger charge is -2.35. The largest absolute Gasteiger partial charge is 0.486 e. The SMILES string of the molecule is COC(=O)C1CCN(C(=O)/C=C/c2ccc(Sc3ccc4c(c3)OCCO4)c(C(F)(F)F)c2)CC1C(=O)OC. The van der Waals surface area contributed by atoms with E-state index in [4.69, 9.17) is 18.9 Å². The molecule has 208 valence electrons. The van der Waals surface area contributed by atoms with Gasteiger partial charge in [0.15, 0.2) is 11.5 Å². The van der Waals surface area contributed by atoms with E-state index in [1.807, 2.05) is 0 Å². The highest BCUT2D eigenvalue weighted by Crippen LogP contribution is 2.42. The van der Waals surface area contributed by atoms with Crippen molar-refractivity contribution in [1.82, 2.24) is 4.90 Å². The van der Waals surface area contributed by atoms with Gasteiger partial charge in [0, 0.05) is 29.0 Å². The van der Waals surface area contributed by atoms with Gasteiger partial charge in [-0.3, -0.25) is 14.4 Å². The third-order valence-corrected chi connectivity index (χ3v) is 7.47. The van der Waals surface area contributed by atoms with Crippen LogP contribution in [-0.4, -0.2) is 63.3 Å². The van der Waals surface area contributed by atoms with Gasteiger partial charge in [-0.05, 0) is 48.4 Å². The number of hydrogen-bond donors (Lipinski definition) is 0. The Morgan fingerprint density at radius 2 is 1.67 bits per heavy atom. The summed E-state index contributed by atoms with van der Waals surface area (Å²) < 4.78 is 62.3. The fourth-order valence-electron chi connectivity index (χ4n) is 4.42. The number of benzene rings is 2. The second-order valence-corrected chi connectivity index (χ2v) is 9.94. The Bertz CT molecular complexity index is 1280. The Labute approximate surface area is 227 Å². The normalized spacial score (nSPS) is 19.1. The summed E-state index contributed by atoms with van der Waals surface area (Å²) in [6.45, 7) is 0.873. The number of rotatable bonds is 6. The fourth-order valence-corrected chi connectivity index (χ4v) is 5.40. The van der Waals surface area contributed by atoms with Crippen LogP contribution in [0.5, 0.6) is 11.5 Å². The second-order valence-electron chi connectivity index (χ2n) is 8.83. The number of fused-ring (bicyclic) bond motifs is 1. The van der Waals surface area contributed by atoms with E-state index in [9.17, 15) is 27.6 Å². The second kappa shape index (κ2) is 12.0. The Hall–Kier alpha value is -3.67. The van der Waals surface area contributed by atoms with Crippen molar-refractivity contribution < 1.29 is 46.5 Å². The lowest BCUT2D eigenvalue weighted by Crippen LogP contribution is -2.48. The lowest BCUT2D eigenvalue weighted by atomic mass is 9.85. The van der Waals surface area contributed by atoms with E-state index in [0.717, 1.165) is 23.9 Å². The van der Waals surface area contributed by atoms with Crippen LogP contribution in [0, 0.1) is 11.8 Å². The van der Waals surface area contributed by atoms with Crippen LogP contribution < -0.4 is 9.47 Å². The first kappa shape index (κ1) is 28.3. The summed E-state index contributed by atoms with van der Waals surface area (Å²) in [5.74, 6) is -2.35. The van der Waals surface area contributed by atoms with Crippen LogP contribution in [0.4, 0.5) is 13.2 Å². The van der Waals surface area contributed by atoms with Crippen molar-refractivity contribution >= 4 is 35.7 Å². The number of halogens is 3. The van der Waals surface area contributed by atoms with Crippen molar-refractivity contribution in [2.75, 3.05) is 40.5 Å². The maximum Gasteiger partial charge on any atom is 0.417 e. The van der Waals surface area contributed by atoms with E-state index in [2.05, 4.69) is 0 Å². The highest BCUT2D eigenvalue weighted by molar-refractivity contribution is 7.99. The van der Waals surface area contributed by atoms with Crippen LogP contribution in [-0.2, 0) is 30.0 Å². The zero-order valence-electron chi connectivity index (χ0n) is 21.2. The van der Waals surface area contributed by atoms with Gasteiger partial charge < -0.3 is 23.8 Å². The minimum absolute atomic E-state index is 0.00606. The number of carbonyl (C=O) groups excluding carboxylic acids is 3. The monoisotopic (exact) mass is 565 g/mol. The molecule has 1 saturated heterocycles. The first-order valence-electron chi connectivity index (χ1n) is 12.0. The average molecular weight is 566 g/mol. The van der Waals surface area contributed by atoms with Crippen LogP contribution in [0.3, 0.4) is 0 Å². The molecular formula is C27H26F3NO7S. The third-order valence-electron chi connectivity index (χ3n) is 6.40. The molecule has 0 aliphatic carbocycles. The molecule has 1 fully saturated rings. The minimum Gasteiger partial charge on any atom is -0.486 e. The Morgan fingerprint density at radius 3 is 2.36 bits per heavy atom. The summed E-state index contributed by atoms with van der Waals surface area (Å²) in [4.78, 5) is 39.0. The van der Waals surface area contributed by atoms with Crippen molar-refractivity contribution in [2.24, 2.45) is 11.8 Å². The van der Waals surface area contributed by atoms with E-state index in [1.54, 1.807) is 18.2 Å². The molecule has 12 heteroatoms. The molecule has 2 unspecified atom stereocenters. The average Bonchev–Trinajstić information content (AvgIpc) is 2.94. The number of ether oxygens (including phenoxy) is 4. The molecule has 2 atom stereocenters. The molecule has 2 aromatic carbocycles. The molecule has 2 aromatic rings. The lowest BCUT2D eigenvalue weighted by molar-refractivity contribution is -0.162. The molecule has 2 aliphatic heterocycles. The number of amides is 1. The van der Waals surface area contributed by atoms with Crippen molar-refractivity contribution in [3.63, 3.8) is 0 Å². The number of esters is 2. The van der Waals surface area contributed by atoms with Crippen LogP contribution in [0.2, 0.25) is 0 Å². The summed E-state index contributed by atoms with van der Waals surface area (Å²) >= 11 is 0.943. The highest BCUT2D eigenvalue weighted by atomic mass is 32.2. The Morgan fingerprint density at radius 1 is 0.974 bits per heavy atom.